The van der Waals surface area contributed by atoms with Crippen LogP contribution in [0.4, 0.5) is 0 Å². The Bertz CT molecular complexity index is 528. The number of nitrogens with zero attached hydrogens (tertiary/aromatic N) is 2. The van der Waals surface area contributed by atoms with Gasteiger partial charge in [-0.3, -0.25) is 0 Å². The van der Waals surface area contributed by atoms with Crippen molar-refractivity contribution in [2.45, 2.75) is 19.9 Å². The zero-order valence-corrected chi connectivity index (χ0v) is 13.1. The summed E-state index contributed by atoms with van der Waals surface area (Å²) in [7, 11) is 0. The first-order valence-electron chi connectivity index (χ1n) is 5.69. The largest absolute Gasteiger partial charge is 0.419 e. The molecule has 18 heavy (non-hydrogen) atoms. The van der Waals surface area contributed by atoms with Gasteiger partial charge in [0.15, 0.2) is 0 Å². The number of aromatic nitrogens is 2. The van der Waals surface area contributed by atoms with Crippen LogP contribution in [0.5, 0.6) is 0 Å². The van der Waals surface area contributed by atoms with Gasteiger partial charge >= 0.3 is 0 Å². The zero-order chi connectivity index (χ0) is 13.0. The average Bonchev–Trinajstić information content (AvgIpc) is 2.78. The van der Waals surface area contributed by atoms with Gasteiger partial charge in [-0.25, -0.2) is 0 Å². The van der Waals surface area contributed by atoms with Crippen LogP contribution >= 0.6 is 31.9 Å². The van der Waals surface area contributed by atoms with Crippen molar-refractivity contribution in [3.8, 4) is 11.5 Å². The van der Waals surface area contributed by atoms with Crippen molar-refractivity contribution in [1.82, 2.24) is 15.5 Å². The molecular formula is C12H13Br2N3O. The van der Waals surface area contributed by atoms with Gasteiger partial charge in [-0.1, -0.05) is 22.9 Å². The second-order valence-corrected chi connectivity index (χ2v) is 5.57. The molecule has 1 aromatic heterocycles. The van der Waals surface area contributed by atoms with E-state index in [1.54, 1.807) is 0 Å². The fourth-order valence-corrected chi connectivity index (χ4v) is 2.69. The fourth-order valence-electron chi connectivity index (χ4n) is 1.47. The predicted octanol–water partition coefficient (Wildman–Crippen LogP) is 3.76. The Morgan fingerprint density at radius 2 is 2.11 bits per heavy atom. The second-order valence-electron chi connectivity index (χ2n) is 3.80. The van der Waals surface area contributed by atoms with Crippen molar-refractivity contribution in [3.05, 3.63) is 33.0 Å². The molecule has 96 valence electrons. The minimum atomic E-state index is 0.530. The summed E-state index contributed by atoms with van der Waals surface area (Å²) < 4.78 is 7.53. The number of halogens is 2. The van der Waals surface area contributed by atoms with Crippen molar-refractivity contribution >= 4 is 31.9 Å². The highest BCUT2D eigenvalue weighted by atomic mass is 79.9. The van der Waals surface area contributed by atoms with Gasteiger partial charge in [0.1, 0.15) is 0 Å². The van der Waals surface area contributed by atoms with Gasteiger partial charge in [-0.2, -0.15) is 0 Å². The Labute approximate surface area is 122 Å². The van der Waals surface area contributed by atoms with Crippen molar-refractivity contribution in [1.29, 1.82) is 0 Å². The second kappa shape index (κ2) is 6.45. The molecule has 0 saturated carbocycles. The molecular weight excluding hydrogens is 362 g/mol. The van der Waals surface area contributed by atoms with Gasteiger partial charge in [0.05, 0.1) is 12.1 Å². The maximum absolute atomic E-state index is 5.61. The molecule has 0 aliphatic rings. The van der Waals surface area contributed by atoms with Gasteiger partial charge in [0.25, 0.3) is 0 Å². The molecule has 2 aromatic rings. The molecule has 0 saturated heterocycles. The summed E-state index contributed by atoms with van der Waals surface area (Å²) in [6.45, 7) is 3.67. The first kappa shape index (κ1) is 13.7. The lowest BCUT2D eigenvalue weighted by atomic mass is 10.2. The van der Waals surface area contributed by atoms with E-state index in [2.05, 4.69) is 54.3 Å². The van der Waals surface area contributed by atoms with Gasteiger partial charge < -0.3 is 9.73 Å². The van der Waals surface area contributed by atoms with Gasteiger partial charge in [-0.15, -0.1) is 10.2 Å². The summed E-state index contributed by atoms with van der Waals surface area (Å²) in [5.41, 5.74) is 0.896. The van der Waals surface area contributed by atoms with E-state index < -0.39 is 0 Å². The van der Waals surface area contributed by atoms with Gasteiger partial charge in [0, 0.05) is 8.95 Å². The van der Waals surface area contributed by atoms with Crippen LogP contribution in [0.25, 0.3) is 11.5 Å². The monoisotopic (exact) mass is 373 g/mol. The fraction of sp³-hybridized carbons (Fsp3) is 0.333. The van der Waals surface area contributed by atoms with Crippen LogP contribution in [0.3, 0.4) is 0 Å². The predicted molar refractivity (Wildman–Crippen MR) is 77.1 cm³/mol. The SMILES string of the molecule is CCCNCc1nnc(-c2ccc(Br)cc2Br)o1. The quantitative estimate of drug-likeness (QED) is 0.809. The third-order valence-electron chi connectivity index (χ3n) is 2.33. The molecule has 1 heterocycles. The minimum Gasteiger partial charge on any atom is -0.419 e. The standard InChI is InChI=1S/C12H13Br2N3O/c1-2-5-15-7-11-16-17-12(18-11)9-4-3-8(13)6-10(9)14/h3-4,6,15H,2,5,7H2,1H3. The Morgan fingerprint density at radius 1 is 1.28 bits per heavy atom. The van der Waals surface area contributed by atoms with E-state index in [1.807, 2.05) is 18.2 Å². The van der Waals surface area contributed by atoms with Crippen LogP contribution in [0.1, 0.15) is 19.2 Å². The topological polar surface area (TPSA) is 51.0 Å². The Balaban J connectivity index is 2.13. The molecule has 0 aliphatic heterocycles. The Hall–Kier alpha value is -0.720. The number of nitrogens with one attached hydrogen (secondary N) is 1. The molecule has 0 amide bonds. The lowest BCUT2D eigenvalue weighted by molar-refractivity contribution is 0.477. The maximum atomic E-state index is 5.61. The normalized spacial score (nSPS) is 10.8. The first-order chi connectivity index (χ1) is 8.70. The number of benzene rings is 1. The van der Waals surface area contributed by atoms with Gasteiger partial charge in [0.2, 0.25) is 11.8 Å². The van der Waals surface area contributed by atoms with E-state index >= 15 is 0 Å². The smallest absolute Gasteiger partial charge is 0.248 e. The van der Waals surface area contributed by atoms with E-state index in [0.29, 0.717) is 18.3 Å². The van der Waals surface area contributed by atoms with Gasteiger partial charge in [-0.05, 0) is 47.1 Å². The maximum Gasteiger partial charge on any atom is 0.248 e. The molecule has 0 fully saturated rings. The lowest BCUT2D eigenvalue weighted by Gasteiger charge is -2.00. The van der Waals surface area contributed by atoms with Crippen molar-refractivity contribution in [2.24, 2.45) is 0 Å². The highest BCUT2D eigenvalue weighted by Gasteiger charge is 2.11. The molecule has 2 rings (SSSR count). The van der Waals surface area contributed by atoms with E-state index in [4.69, 9.17) is 4.42 Å². The summed E-state index contributed by atoms with van der Waals surface area (Å²) >= 11 is 6.89. The third-order valence-corrected chi connectivity index (χ3v) is 3.48. The van der Waals surface area contributed by atoms with Crippen molar-refractivity contribution < 1.29 is 4.42 Å². The number of hydrogen-bond donors (Lipinski definition) is 1. The van der Waals surface area contributed by atoms with Crippen molar-refractivity contribution in [2.75, 3.05) is 6.54 Å². The summed E-state index contributed by atoms with van der Waals surface area (Å²) in [5, 5.41) is 11.3. The Morgan fingerprint density at radius 3 is 2.83 bits per heavy atom. The zero-order valence-electron chi connectivity index (χ0n) is 9.91. The van der Waals surface area contributed by atoms with Crippen LogP contribution in [-0.2, 0) is 6.54 Å². The Kier molecular flexibility index (Phi) is 4.91. The average molecular weight is 375 g/mol. The molecule has 1 aromatic carbocycles. The highest BCUT2D eigenvalue weighted by Crippen LogP contribution is 2.29. The number of hydrogen-bond acceptors (Lipinski definition) is 4. The van der Waals surface area contributed by atoms with E-state index in [0.717, 1.165) is 27.5 Å². The highest BCUT2D eigenvalue weighted by molar-refractivity contribution is 9.11. The first-order valence-corrected chi connectivity index (χ1v) is 7.28. The van der Waals surface area contributed by atoms with E-state index in [9.17, 15) is 0 Å². The molecule has 0 unspecified atom stereocenters. The minimum absolute atomic E-state index is 0.530. The molecule has 0 bridgehead atoms. The van der Waals surface area contributed by atoms with Crippen LogP contribution in [0, 0.1) is 0 Å². The summed E-state index contributed by atoms with van der Waals surface area (Å²) in [6.07, 6.45) is 1.08. The molecule has 0 aliphatic carbocycles. The molecule has 0 spiro atoms. The molecule has 1 N–H and O–H groups in total. The lowest BCUT2D eigenvalue weighted by Crippen LogP contribution is -2.13. The molecule has 4 nitrogen and oxygen atoms in total. The van der Waals surface area contributed by atoms with Crippen LogP contribution in [-0.4, -0.2) is 16.7 Å². The summed E-state index contributed by atoms with van der Waals surface area (Å²) in [5.74, 6) is 1.14. The molecule has 6 heteroatoms. The van der Waals surface area contributed by atoms with Crippen molar-refractivity contribution in [3.63, 3.8) is 0 Å². The third kappa shape index (κ3) is 3.40. The van der Waals surface area contributed by atoms with Crippen LogP contribution < -0.4 is 5.32 Å². The number of rotatable bonds is 5. The van der Waals surface area contributed by atoms with E-state index in [1.165, 1.54) is 0 Å². The van der Waals surface area contributed by atoms with E-state index in [-0.39, 0.29) is 0 Å². The summed E-state index contributed by atoms with van der Waals surface area (Å²) in [6, 6.07) is 5.83. The molecule has 0 atom stereocenters. The van der Waals surface area contributed by atoms with Crippen LogP contribution in [0.2, 0.25) is 0 Å². The molecule has 0 radical (unpaired) electrons. The summed E-state index contributed by atoms with van der Waals surface area (Å²) in [4.78, 5) is 0. The van der Waals surface area contributed by atoms with Crippen LogP contribution in [0.15, 0.2) is 31.6 Å².